The molecular weight excluding hydrogens is 341 g/mol. The normalized spacial score (nSPS) is 11.0. The van der Waals surface area contributed by atoms with Gasteiger partial charge in [-0.1, -0.05) is 20.8 Å². The average molecular weight is 363 g/mol. The van der Waals surface area contributed by atoms with E-state index in [1.165, 1.54) is 0 Å². The Labute approximate surface area is 123 Å². The zero-order chi connectivity index (χ0) is 13.5. The Morgan fingerprint density at radius 3 is 2.61 bits per heavy atom. The maximum Gasteiger partial charge on any atom is 0.143 e. The first-order chi connectivity index (χ1) is 8.58. The third-order valence-corrected chi connectivity index (χ3v) is 3.51. The minimum Gasteiger partial charge on any atom is -0.378 e. The lowest BCUT2D eigenvalue weighted by Gasteiger charge is -2.13. The van der Waals surface area contributed by atoms with E-state index < -0.39 is 0 Å². The summed E-state index contributed by atoms with van der Waals surface area (Å²) in [6.45, 7) is 7.96. The van der Waals surface area contributed by atoms with Crippen molar-refractivity contribution in [2.75, 3.05) is 19.0 Å². The van der Waals surface area contributed by atoms with Crippen LogP contribution in [0.25, 0.3) is 0 Å². The van der Waals surface area contributed by atoms with E-state index in [0.29, 0.717) is 12.5 Å². The summed E-state index contributed by atoms with van der Waals surface area (Å²) in [6, 6.07) is 0. The van der Waals surface area contributed by atoms with E-state index in [4.69, 9.17) is 4.74 Å². The van der Waals surface area contributed by atoms with Crippen LogP contribution in [0.3, 0.4) is 0 Å². The number of hydrogen-bond acceptors (Lipinski definition) is 4. The van der Waals surface area contributed by atoms with Crippen LogP contribution < -0.4 is 5.32 Å². The van der Waals surface area contributed by atoms with E-state index in [-0.39, 0.29) is 0 Å². The van der Waals surface area contributed by atoms with E-state index in [2.05, 4.69) is 58.6 Å². The minimum atomic E-state index is 0.534. The van der Waals surface area contributed by atoms with Crippen molar-refractivity contribution in [2.45, 2.75) is 40.2 Å². The molecule has 0 radical (unpaired) electrons. The SMILES string of the molecule is CCCNc1nc(CC(C)C)nc(COC)c1I. The van der Waals surface area contributed by atoms with Crippen LogP contribution in [0, 0.1) is 9.49 Å². The van der Waals surface area contributed by atoms with Crippen LogP contribution in [0.5, 0.6) is 0 Å². The van der Waals surface area contributed by atoms with Crippen LogP contribution in [-0.4, -0.2) is 23.6 Å². The molecule has 0 aromatic carbocycles. The quantitative estimate of drug-likeness (QED) is 0.756. The highest BCUT2D eigenvalue weighted by molar-refractivity contribution is 14.1. The van der Waals surface area contributed by atoms with Crippen molar-refractivity contribution in [3.63, 3.8) is 0 Å². The van der Waals surface area contributed by atoms with Crippen LogP contribution in [0.15, 0.2) is 0 Å². The molecule has 0 aliphatic carbocycles. The molecule has 0 amide bonds. The van der Waals surface area contributed by atoms with Crippen LogP contribution >= 0.6 is 22.6 Å². The Morgan fingerprint density at radius 1 is 1.33 bits per heavy atom. The predicted molar refractivity (Wildman–Crippen MR) is 82.8 cm³/mol. The summed E-state index contributed by atoms with van der Waals surface area (Å²) in [6.07, 6.45) is 1.98. The Morgan fingerprint density at radius 2 is 2.06 bits per heavy atom. The maximum atomic E-state index is 5.21. The molecule has 0 saturated carbocycles. The highest BCUT2D eigenvalue weighted by atomic mass is 127. The van der Waals surface area contributed by atoms with Gasteiger partial charge in [-0.15, -0.1) is 0 Å². The fourth-order valence-electron chi connectivity index (χ4n) is 1.59. The van der Waals surface area contributed by atoms with Crippen LogP contribution in [-0.2, 0) is 17.8 Å². The van der Waals surface area contributed by atoms with Crippen LogP contribution in [0.2, 0.25) is 0 Å². The highest BCUT2D eigenvalue weighted by Gasteiger charge is 2.12. The molecule has 0 spiro atoms. The Balaban J connectivity index is 3.01. The second-order valence-corrected chi connectivity index (χ2v) is 5.79. The zero-order valence-electron chi connectivity index (χ0n) is 11.6. The lowest BCUT2D eigenvalue weighted by Crippen LogP contribution is -2.12. The van der Waals surface area contributed by atoms with Crippen molar-refractivity contribution in [1.29, 1.82) is 0 Å². The molecule has 1 N–H and O–H groups in total. The molecule has 102 valence electrons. The standard InChI is InChI=1S/C13H22IN3O/c1-5-6-15-13-12(14)10(8-18-4)16-11(17-13)7-9(2)3/h9H,5-8H2,1-4H3,(H,15,16,17). The van der Waals surface area contributed by atoms with Gasteiger partial charge in [-0.3, -0.25) is 0 Å². The van der Waals surface area contributed by atoms with Gasteiger partial charge >= 0.3 is 0 Å². The summed E-state index contributed by atoms with van der Waals surface area (Å²) in [4.78, 5) is 9.19. The van der Waals surface area contributed by atoms with Crippen molar-refractivity contribution >= 4 is 28.4 Å². The molecule has 5 heteroatoms. The van der Waals surface area contributed by atoms with E-state index in [0.717, 1.165) is 40.3 Å². The lowest BCUT2D eigenvalue weighted by atomic mass is 10.1. The van der Waals surface area contributed by atoms with Gasteiger partial charge in [0.2, 0.25) is 0 Å². The molecule has 0 fully saturated rings. The third-order valence-electron chi connectivity index (χ3n) is 2.38. The summed E-state index contributed by atoms with van der Waals surface area (Å²) in [5.74, 6) is 2.39. The smallest absolute Gasteiger partial charge is 0.143 e. The van der Waals surface area contributed by atoms with Crippen LogP contribution in [0.4, 0.5) is 5.82 Å². The Hall–Kier alpha value is -0.430. The number of nitrogens with zero attached hydrogens (tertiary/aromatic N) is 2. The molecule has 1 aromatic rings. The number of nitrogens with one attached hydrogen (secondary N) is 1. The van der Waals surface area contributed by atoms with Crippen LogP contribution in [0.1, 0.15) is 38.7 Å². The van der Waals surface area contributed by atoms with E-state index in [1.54, 1.807) is 7.11 Å². The number of halogens is 1. The first-order valence-corrected chi connectivity index (χ1v) is 7.44. The van der Waals surface area contributed by atoms with Gasteiger partial charge in [0.05, 0.1) is 15.9 Å². The van der Waals surface area contributed by atoms with Gasteiger partial charge in [-0.05, 0) is 34.9 Å². The number of aromatic nitrogens is 2. The molecule has 0 aliphatic heterocycles. The van der Waals surface area contributed by atoms with Gasteiger partial charge in [0.25, 0.3) is 0 Å². The predicted octanol–water partition coefficient (Wildman–Crippen LogP) is 3.25. The maximum absolute atomic E-state index is 5.21. The van der Waals surface area contributed by atoms with Crippen molar-refractivity contribution < 1.29 is 4.74 Å². The molecule has 18 heavy (non-hydrogen) atoms. The monoisotopic (exact) mass is 363 g/mol. The molecule has 0 unspecified atom stereocenters. The molecule has 4 nitrogen and oxygen atoms in total. The summed E-state index contributed by atoms with van der Waals surface area (Å²) in [5, 5.41) is 3.36. The summed E-state index contributed by atoms with van der Waals surface area (Å²) >= 11 is 2.29. The van der Waals surface area contributed by atoms with Gasteiger partial charge in [0, 0.05) is 20.1 Å². The number of methoxy groups -OCH3 is 1. The minimum absolute atomic E-state index is 0.534. The highest BCUT2D eigenvalue weighted by Crippen LogP contribution is 2.21. The molecular formula is C13H22IN3O. The molecule has 0 saturated heterocycles. The van der Waals surface area contributed by atoms with Gasteiger partial charge in [0.1, 0.15) is 11.6 Å². The number of anilines is 1. The summed E-state index contributed by atoms with van der Waals surface area (Å²) < 4.78 is 6.27. The lowest BCUT2D eigenvalue weighted by molar-refractivity contribution is 0.180. The Bertz CT molecular complexity index is 383. The largest absolute Gasteiger partial charge is 0.378 e. The fraction of sp³-hybridized carbons (Fsp3) is 0.692. The van der Waals surface area contributed by atoms with Crippen molar-refractivity contribution in [3.05, 3.63) is 15.1 Å². The zero-order valence-corrected chi connectivity index (χ0v) is 13.7. The van der Waals surface area contributed by atoms with Crippen molar-refractivity contribution in [3.8, 4) is 0 Å². The topological polar surface area (TPSA) is 47.0 Å². The third kappa shape index (κ3) is 4.68. The van der Waals surface area contributed by atoms with Gasteiger partial charge < -0.3 is 10.1 Å². The molecule has 0 bridgehead atoms. The average Bonchev–Trinajstić information content (AvgIpc) is 2.31. The van der Waals surface area contributed by atoms with Gasteiger partial charge in [0.15, 0.2) is 0 Å². The molecule has 1 rings (SSSR count). The fourth-order valence-corrected chi connectivity index (χ4v) is 2.18. The number of rotatable bonds is 7. The molecule has 0 aliphatic rings. The van der Waals surface area contributed by atoms with E-state index in [1.807, 2.05) is 0 Å². The molecule has 0 atom stereocenters. The number of hydrogen-bond donors (Lipinski definition) is 1. The summed E-state index contributed by atoms with van der Waals surface area (Å²) in [5.41, 5.74) is 0.974. The number of ether oxygens (including phenoxy) is 1. The van der Waals surface area contributed by atoms with E-state index >= 15 is 0 Å². The second-order valence-electron chi connectivity index (χ2n) is 4.71. The van der Waals surface area contributed by atoms with Crippen molar-refractivity contribution in [2.24, 2.45) is 5.92 Å². The van der Waals surface area contributed by atoms with Crippen molar-refractivity contribution in [1.82, 2.24) is 9.97 Å². The second kappa shape index (κ2) is 7.89. The molecule has 1 heterocycles. The van der Waals surface area contributed by atoms with Gasteiger partial charge in [-0.25, -0.2) is 9.97 Å². The van der Waals surface area contributed by atoms with E-state index in [9.17, 15) is 0 Å². The van der Waals surface area contributed by atoms with Gasteiger partial charge in [-0.2, -0.15) is 0 Å². The Kier molecular flexibility index (Phi) is 6.85. The first kappa shape index (κ1) is 15.6. The first-order valence-electron chi connectivity index (χ1n) is 6.36. The molecule has 1 aromatic heterocycles. The summed E-state index contributed by atoms with van der Waals surface area (Å²) in [7, 11) is 1.69.